The fraction of sp³-hybridized carbons (Fsp3) is 0.833. The molecular weight excluding hydrogens is 136 g/mol. The molecule has 9 heavy (non-hydrogen) atoms. The molecule has 0 saturated heterocycles. The van der Waals surface area contributed by atoms with E-state index in [0.717, 1.165) is 12.8 Å². The molecule has 0 unspecified atom stereocenters. The topological polar surface area (TPSA) is 37.3 Å². The van der Waals surface area contributed by atoms with E-state index in [2.05, 4.69) is 12.6 Å². The van der Waals surface area contributed by atoms with E-state index in [0.29, 0.717) is 17.6 Å². The Balaban J connectivity index is 2.11. The lowest BCUT2D eigenvalue weighted by atomic mass is 9.82. The highest BCUT2D eigenvalue weighted by atomic mass is 32.1. The molecule has 1 aliphatic carbocycles. The van der Waals surface area contributed by atoms with Crippen molar-refractivity contribution in [2.45, 2.75) is 24.5 Å². The van der Waals surface area contributed by atoms with Crippen molar-refractivity contribution in [3.05, 3.63) is 0 Å². The van der Waals surface area contributed by atoms with Gasteiger partial charge in [-0.1, -0.05) is 0 Å². The second-order valence-corrected chi connectivity index (χ2v) is 3.32. The van der Waals surface area contributed by atoms with Crippen LogP contribution in [-0.2, 0) is 4.79 Å². The summed E-state index contributed by atoms with van der Waals surface area (Å²) >= 11 is 4.17. The maximum atomic E-state index is 10.1. The van der Waals surface area contributed by atoms with Crippen LogP contribution in [0.1, 0.15) is 19.3 Å². The summed E-state index contributed by atoms with van der Waals surface area (Å²) in [6.45, 7) is 0. The molecule has 0 bridgehead atoms. The summed E-state index contributed by atoms with van der Waals surface area (Å²) in [6.07, 6.45) is 2.29. The molecule has 0 radical (unpaired) electrons. The number of rotatable bonds is 2. The fourth-order valence-corrected chi connectivity index (χ4v) is 1.71. The number of aliphatic carboxylic acids is 1. The molecule has 0 amide bonds. The summed E-state index contributed by atoms with van der Waals surface area (Å²) < 4.78 is 0. The Morgan fingerprint density at radius 3 is 2.56 bits per heavy atom. The predicted octanol–water partition coefficient (Wildman–Crippen LogP) is 1.17. The van der Waals surface area contributed by atoms with Gasteiger partial charge in [0.2, 0.25) is 0 Å². The van der Waals surface area contributed by atoms with E-state index in [-0.39, 0.29) is 0 Å². The van der Waals surface area contributed by atoms with Gasteiger partial charge in [0.25, 0.3) is 0 Å². The fourth-order valence-electron chi connectivity index (χ4n) is 1.11. The monoisotopic (exact) mass is 146 g/mol. The Kier molecular flexibility index (Phi) is 2.01. The lowest BCUT2D eigenvalue weighted by molar-refractivity contribution is -0.138. The average molecular weight is 146 g/mol. The van der Waals surface area contributed by atoms with Crippen LogP contribution < -0.4 is 0 Å². The summed E-state index contributed by atoms with van der Waals surface area (Å²) in [5, 5.41) is 8.78. The van der Waals surface area contributed by atoms with Crippen molar-refractivity contribution in [3.8, 4) is 0 Å². The Hall–Kier alpha value is -0.180. The minimum Gasteiger partial charge on any atom is -0.481 e. The summed E-state index contributed by atoms with van der Waals surface area (Å²) in [5.41, 5.74) is 0. The summed E-state index contributed by atoms with van der Waals surface area (Å²) in [5.74, 6) is -0.273. The number of carbonyl (C=O) groups is 1. The average Bonchev–Trinajstić information content (AvgIpc) is 1.60. The molecule has 1 rings (SSSR count). The number of hydrogen-bond acceptors (Lipinski definition) is 2. The van der Waals surface area contributed by atoms with E-state index in [4.69, 9.17) is 5.11 Å². The Morgan fingerprint density at radius 1 is 1.67 bits per heavy atom. The van der Waals surface area contributed by atoms with Gasteiger partial charge in [-0.2, -0.15) is 12.6 Å². The second kappa shape index (κ2) is 2.60. The van der Waals surface area contributed by atoms with Gasteiger partial charge in [-0.15, -0.1) is 0 Å². The molecule has 1 fully saturated rings. The van der Waals surface area contributed by atoms with Crippen LogP contribution in [0.2, 0.25) is 0 Å². The number of thiol groups is 1. The van der Waals surface area contributed by atoms with E-state index in [1.165, 1.54) is 0 Å². The maximum absolute atomic E-state index is 10.1. The molecule has 1 aliphatic rings. The normalized spacial score (nSPS) is 33.4. The van der Waals surface area contributed by atoms with Gasteiger partial charge in [0.1, 0.15) is 0 Å². The lowest BCUT2D eigenvalue weighted by Crippen LogP contribution is -2.26. The molecule has 0 aromatic rings. The van der Waals surface area contributed by atoms with Gasteiger partial charge in [-0.25, -0.2) is 0 Å². The third-order valence-electron chi connectivity index (χ3n) is 1.67. The highest BCUT2D eigenvalue weighted by Crippen LogP contribution is 2.33. The Labute approximate surface area is 59.7 Å². The van der Waals surface area contributed by atoms with Crippen molar-refractivity contribution >= 4 is 18.6 Å². The van der Waals surface area contributed by atoms with Gasteiger partial charge in [0, 0.05) is 11.7 Å². The third-order valence-corrected chi connectivity index (χ3v) is 2.10. The second-order valence-electron chi connectivity index (χ2n) is 2.59. The first kappa shape index (κ1) is 6.93. The van der Waals surface area contributed by atoms with Crippen LogP contribution in [0.15, 0.2) is 0 Å². The largest absolute Gasteiger partial charge is 0.481 e. The van der Waals surface area contributed by atoms with Crippen LogP contribution in [0.25, 0.3) is 0 Å². The van der Waals surface area contributed by atoms with Crippen molar-refractivity contribution in [2.24, 2.45) is 5.92 Å². The Bertz CT molecular complexity index is 118. The van der Waals surface area contributed by atoms with E-state index >= 15 is 0 Å². The van der Waals surface area contributed by atoms with Gasteiger partial charge in [0.15, 0.2) is 0 Å². The van der Waals surface area contributed by atoms with Crippen LogP contribution >= 0.6 is 12.6 Å². The molecular formula is C6H10O2S. The third kappa shape index (κ3) is 1.90. The number of carboxylic acid groups (broad SMARTS) is 1. The lowest BCUT2D eigenvalue weighted by Gasteiger charge is -2.30. The first-order chi connectivity index (χ1) is 4.18. The SMILES string of the molecule is O=C(O)CC1CC(S)C1. The molecule has 0 aromatic carbocycles. The van der Waals surface area contributed by atoms with Crippen molar-refractivity contribution in [1.82, 2.24) is 0 Å². The van der Waals surface area contributed by atoms with E-state index in [9.17, 15) is 4.79 Å². The quantitative estimate of drug-likeness (QED) is 0.574. The molecule has 0 spiro atoms. The molecule has 52 valence electrons. The first-order valence-electron chi connectivity index (χ1n) is 3.08. The zero-order chi connectivity index (χ0) is 6.85. The van der Waals surface area contributed by atoms with Gasteiger partial charge >= 0.3 is 5.97 Å². The Morgan fingerprint density at radius 2 is 2.22 bits per heavy atom. The van der Waals surface area contributed by atoms with Crippen LogP contribution in [0.3, 0.4) is 0 Å². The zero-order valence-electron chi connectivity index (χ0n) is 5.08. The highest BCUT2D eigenvalue weighted by Gasteiger charge is 2.27. The van der Waals surface area contributed by atoms with Gasteiger partial charge in [-0.05, 0) is 18.8 Å². The smallest absolute Gasteiger partial charge is 0.303 e. The number of hydrogen-bond donors (Lipinski definition) is 2. The summed E-state index contributed by atoms with van der Waals surface area (Å²) in [7, 11) is 0. The van der Waals surface area contributed by atoms with Crippen molar-refractivity contribution in [1.29, 1.82) is 0 Å². The van der Waals surface area contributed by atoms with Gasteiger partial charge in [-0.3, -0.25) is 4.79 Å². The van der Waals surface area contributed by atoms with Gasteiger partial charge < -0.3 is 5.11 Å². The molecule has 1 saturated carbocycles. The van der Waals surface area contributed by atoms with Gasteiger partial charge in [0.05, 0.1) is 0 Å². The summed E-state index contributed by atoms with van der Waals surface area (Å²) in [6, 6.07) is 0. The molecule has 3 heteroatoms. The molecule has 0 heterocycles. The van der Waals surface area contributed by atoms with Crippen molar-refractivity contribution < 1.29 is 9.90 Å². The van der Waals surface area contributed by atoms with Crippen LogP contribution in [0.5, 0.6) is 0 Å². The summed E-state index contributed by atoms with van der Waals surface area (Å²) in [4.78, 5) is 10.1. The zero-order valence-corrected chi connectivity index (χ0v) is 5.97. The minimum absolute atomic E-state index is 0.330. The van der Waals surface area contributed by atoms with Crippen molar-refractivity contribution in [2.75, 3.05) is 0 Å². The highest BCUT2D eigenvalue weighted by molar-refractivity contribution is 7.81. The van der Waals surface area contributed by atoms with Crippen molar-refractivity contribution in [3.63, 3.8) is 0 Å². The van der Waals surface area contributed by atoms with Crippen LogP contribution in [0.4, 0.5) is 0 Å². The van der Waals surface area contributed by atoms with Crippen LogP contribution in [-0.4, -0.2) is 16.3 Å². The maximum Gasteiger partial charge on any atom is 0.303 e. The molecule has 0 atom stereocenters. The molecule has 0 aliphatic heterocycles. The standard InChI is InChI=1S/C6H10O2S/c7-6(8)3-4-1-5(9)2-4/h4-5,9H,1-3H2,(H,7,8). The number of carboxylic acids is 1. The molecule has 2 nitrogen and oxygen atoms in total. The predicted molar refractivity (Wildman–Crippen MR) is 37.8 cm³/mol. The first-order valence-corrected chi connectivity index (χ1v) is 3.60. The van der Waals surface area contributed by atoms with E-state index in [1.54, 1.807) is 0 Å². The molecule has 0 aromatic heterocycles. The van der Waals surface area contributed by atoms with E-state index < -0.39 is 5.97 Å². The minimum atomic E-state index is -0.680. The van der Waals surface area contributed by atoms with E-state index in [1.807, 2.05) is 0 Å². The van der Waals surface area contributed by atoms with Crippen LogP contribution in [0, 0.1) is 5.92 Å². The molecule has 1 N–H and O–H groups in total.